The van der Waals surface area contributed by atoms with E-state index in [9.17, 15) is 0 Å². The molecule has 0 N–H and O–H groups in total. The molecule has 1 aliphatic heterocycles. The van der Waals surface area contributed by atoms with E-state index in [4.69, 9.17) is 14.2 Å². The standard InChI is InChI=1S/C12H24O3/c1-5-7-9-13-12(6-2)14-10-8-11(3,4)15-12/h5-10H2,1-4H3. The van der Waals surface area contributed by atoms with Gasteiger partial charge in [0, 0.05) is 6.42 Å². The summed E-state index contributed by atoms with van der Waals surface area (Å²) in [7, 11) is 0. The van der Waals surface area contributed by atoms with Crippen LogP contribution in [0.15, 0.2) is 0 Å². The summed E-state index contributed by atoms with van der Waals surface area (Å²) in [6, 6.07) is 0. The lowest BCUT2D eigenvalue weighted by Gasteiger charge is -2.43. The van der Waals surface area contributed by atoms with E-state index in [1.54, 1.807) is 0 Å². The topological polar surface area (TPSA) is 27.7 Å². The van der Waals surface area contributed by atoms with Gasteiger partial charge in [-0.2, -0.15) is 0 Å². The van der Waals surface area contributed by atoms with Crippen LogP contribution in [0.3, 0.4) is 0 Å². The zero-order chi connectivity index (χ0) is 11.4. The second kappa shape index (κ2) is 5.28. The van der Waals surface area contributed by atoms with Crippen molar-refractivity contribution in [2.24, 2.45) is 0 Å². The highest BCUT2D eigenvalue weighted by Crippen LogP contribution is 2.33. The second-order valence-corrected chi connectivity index (χ2v) is 4.70. The van der Waals surface area contributed by atoms with Crippen molar-refractivity contribution in [1.82, 2.24) is 0 Å². The van der Waals surface area contributed by atoms with E-state index >= 15 is 0 Å². The van der Waals surface area contributed by atoms with Crippen molar-refractivity contribution in [3.63, 3.8) is 0 Å². The Kier molecular flexibility index (Phi) is 4.56. The third kappa shape index (κ3) is 3.74. The van der Waals surface area contributed by atoms with Gasteiger partial charge in [-0.25, -0.2) is 0 Å². The predicted molar refractivity (Wildman–Crippen MR) is 59.6 cm³/mol. The molecule has 1 heterocycles. The summed E-state index contributed by atoms with van der Waals surface area (Å²) < 4.78 is 17.3. The molecule has 0 amide bonds. The summed E-state index contributed by atoms with van der Waals surface area (Å²) in [5.74, 6) is -0.795. The smallest absolute Gasteiger partial charge is 0.283 e. The molecule has 3 nitrogen and oxygen atoms in total. The molecule has 1 atom stereocenters. The van der Waals surface area contributed by atoms with Crippen LogP contribution in [0.5, 0.6) is 0 Å². The molecule has 15 heavy (non-hydrogen) atoms. The molecular formula is C12H24O3. The fraction of sp³-hybridized carbons (Fsp3) is 1.00. The Morgan fingerprint density at radius 3 is 2.53 bits per heavy atom. The van der Waals surface area contributed by atoms with Crippen molar-refractivity contribution in [2.45, 2.75) is 65.0 Å². The Balaban J connectivity index is 2.51. The van der Waals surface area contributed by atoms with E-state index in [1.165, 1.54) is 0 Å². The Bertz CT molecular complexity index is 191. The number of hydrogen-bond acceptors (Lipinski definition) is 3. The molecule has 1 unspecified atom stereocenters. The Hall–Kier alpha value is -0.120. The predicted octanol–water partition coefficient (Wildman–Crippen LogP) is 3.08. The van der Waals surface area contributed by atoms with Crippen molar-refractivity contribution >= 4 is 0 Å². The Labute approximate surface area is 93.1 Å². The maximum atomic E-state index is 5.91. The van der Waals surface area contributed by atoms with Gasteiger partial charge in [-0.05, 0) is 26.7 Å². The molecule has 1 saturated heterocycles. The number of rotatable bonds is 5. The zero-order valence-corrected chi connectivity index (χ0v) is 10.5. The third-order valence-corrected chi connectivity index (χ3v) is 2.71. The minimum absolute atomic E-state index is 0.138. The van der Waals surface area contributed by atoms with Crippen LogP contribution in [0.25, 0.3) is 0 Å². The molecule has 0 aliphatic carbocycles. The highest BCUT2D eigenvalue weighted by atomic mass is 16.9. The lowest BCUT2D eigenvalue weighted by Crippen LogP contribution is -2.50. The van der Waals surface area contributed by atoms with E-state index in [1.807, 2.05) is 6.92 Å². The molecule has 0 spiro atoms. The van der Waals surface area contributed by atoms with E-state index in [0.29, 0.717) is 13.2 Å². The normalized spacial score (nSPS) is 30.4. The molecule has 3 heteroatoms. The van der Waals surface area contributed by atoms with Crippen LogP contribution in [-0.2, 0) is 14.2 Å². The summed E-state index contributed by atoms with van der Waals surface area (Å²) >= 11 is 0. The highest BCUT2D eigenvalue weighted by molar-refractivity contribution is 4.76. The lowest BCUT2D eigenvalue weighted by atomic mass is 10.0. The Morgan fingerprint density at radius 1 is 1.27 bits per heavy atom. The van der Waals surface area contributed by atoms with Gasteiger partial charge in [-0.1, -0.05) is 20.3 Å². The monoisotopic (exact) mass is 216 g/mol. The highest BCUT2D eigenvalue weighted by Gasteiger charge is 2.41. The van der Waals surface area contributed by atoms with Crippen molar-refractivity contribution in [3.8, 4) is 0 Å². The van der Waals surface area contributed by atoms with Gasteiger partial charge >= 0.3 is 0 Å². The minimum atomic E-state index is -0.795. The summed E-state index contributed by atoms with van der Waals surface area (Å²) in [5.41, 5.74) is -0.138. The van der Waals surface area contributed by atoms with Crippen LogP contribution in [0.1, 0.15) is 53.4 Å². The van der Waals surface area contributed by atoms with Gasteiger partial charge in [0.1, 0.15) is 0 Å². The molecule has 0 bridgehead atoms. The maximum Gasteiger partial charge on any atom is 0.283 e. The Morgan fingerprint density at radius 2 is 2.00 bits per heavy atom. The quantitative estimate of drug-likeness (QED) is 0.661. The minimum Gasteiger partial charge on any atom is -0.327 e. The molecule has 0 aromatic carbocycles. The van der Waals surface area contributed by atoms with Gasteiger partial charge in [-0.3, -0.25) is 0 Å². The molecule has 0 saturated carbocycles. The van der Waals surface area contributed by atoms with Crippen LogP contribution in [0, 0.1) is 0 Å². The molecule has 0 aromatic rings. The van der Waals surface area contributed by atoms with Gasteiger partial charge in [-0.15, -0.1) is 0 Å². The summed E-state index contributed by atoms with van der Waals surface area (Å²) in [5, 5.41) is 0. The molecule has 1 fully saturated rings. The average Bonchev–Trinajstić information content (AvgIpc) is 2.17. The van der Waals surface area contributed by atoms with Gasteiger partial charge in [0.15, 0.2) is 0 Å². The molecule has 1 rings (SSSR count). The van der Waals surface area contributed by atoms with Crippen molar-refractivity contribution < 1.29 is 14.2 Å². The van der Waals surface area contributed by atoms with Crippen molar-refractivity contribution in [1.29, 1.82) is 0 Å². The lowest BCUT2D eigenvalue weighted by molar-refractivity contribution is -0.432. The summed E-state index contributed by atoms with van der Waals surface area (Å²) in [6.07, 6.45) is 3.84. The number of hydrogen-bond donors (Lipinski definition) is 0. The van der Waals surface area contributed by atoms with Crippen LogP contribution >= 0.6 is 0 Å². The van der Waals surface area contributed by atoms with E-state index in [0.717, 1.165) is 25.7 Å². The summed E-state index contributed by atoms with van der Waals surface area (Å²) in [4.78, 5) is 0. The molecule has 0 aromatic heterocycles. The van der Waals surface area contributed by atoms with E-state index in [-0.39, 0.29) is 5.60 Å². The molecule has 90 valence electrons. The first kappa shape index (κ1) is 12.9. The molecule has 1 aliphatic rings. The first-order valence-corrected chi connectivity index (χ1v) is 6.02. The average molecular weight is 216 g/mol. The fourth-order valence-electron chi connectivity index (χ4n) is 1.67. The van der Waals surface area contributed by atoms with Gasteiger partial charge < -0.3 is 14.2 Å². The third-order valence-electron chi connectivity index (χ3n) is 2.71. The second-order valence-electron chi connectivity index (χ2n) is 4.70. The first-order chi connectivity index (χ1) is 7.04. The number of unbranched alkanes of at least 4 members (excludes halogenated alkanes) is 1. The first-order valence-electron chi connectivity index (χ1n) is 6.02. The van der Waals surface area contributed by atoms with E-state index in [2.05, 4.69) is 20.8 Å². The van der Waals surface area contributed by atoms with Crippen LogP contribution in [0.2, 0.25) is 0 Å². The van der Waals surface area contributed by atoms with Crippen molar-refractivity contribution in [3.05, 3.63) is 0 Å². The maximum absolute atomic E-state index is 5.91. The fourth-order valence-corrected chi connectivity index (χ4v) is 1.67. The summed E-state index contributed by atoms with van der Waals surface area (Å²) in [6.45, 7) is 9.78. The van der Waals surface area contributed by atoms with Crippen LogP contribution in [-0.4, -0.2) is 24.8 Å². The van der Waals surface area contributed by atoms with E-state index < -0.39 is 5.97 Å². The van der Waals surface area contributed by atoms with Gasteiger partial charge in [0.25, 0.3) is 5.97 Å². The molecular weight excluding hydrogens is 192 g/mol. The zero-order valence-electron chi connectivity index (χ0n) is 10.5. The van der Waals surface area contributed by atoms with Crippen molar-refractivity contribution in [2.75, 3.05) is 13.2 Å². The number of ether oxygens (including phenoxy) is 3. The van der Waals surface area contributed by atoms with Crippen LogP contribution < -0.4 is 0 Å². The van der Waals surface area contributed by atoms with Gasteiger partial charge in [0.05, 0.1) is 18.8 Å². The largest absolute Gasteiger partial charge is 0.327 e. The SMILES string of the molecule is CCCCOC1(CC)OCCC(C)(C)O1. The van der Waals surface area contributed by atoms with Gasteiger partial charge in [0.2, 0.25) is 0 Å². The molecule has 0 radical (unpaired) electrons. The van der Waals surface area contributed by atoms with Crippen LogP contribution in [0.4, 0.5) is 0 Å².